The van der Waals surface area contributed by atoms with Crippen molar-refractivity contribution in [2.45, 2.75) is 6.92 Å². The molecule has 0 radical (unpaired) electrons. The van der Waals surface area contributed by atoms with Crippen molar-refractivity contribution in [2.24, 2.45) is 5.84 Å². The zero-order valence-corrected chi connectivity index (χ0v) is 11.8. The van der Waals surface area contributed by atoms with E-state index in [1.807, 2.05) is 31.2 Å². The number of nitrogens with two attached hydrogens (primary N) is 1. The molecule has 0 amide bonds. The molecule has 0 spiro atoms. The fourth-order valence-corrected chi connectivity index (χ4v) is 1.76. The van der Waals surface area contributed by atoms with Crippen LogP contribution in [-0.4, -0.2) is 23.1 Å². The Balaban J connectivity index is 1.84. The van der Waals surface area contributed by atoms with Crippen LogP contribution in [0.25, 0.3) is 0 Å². The van der Waals surface area contributed by atoms with Gasteiger partial charge < -0.3 is 10.1 Å². The number of halogens is 1. The monoisotopic (exact) mass is 293 g/mol. The first kappa shape index (κ1) is 14.4. The Morgan fingerprint density at radius 3 is 3.00 bits per heavy atom. The Morgan fingerprint density at radius 1 is 1.40 bits per heavy atom. The van der Waals surface area contributed by atoms with Crippen molar-refractivity contribution in [1.29, 1.82) is 0 Å². The molecule has 1 aromatic heterocycles. The van der Waals surface area contributed by atoms with Crippen molar-refractivity contribution >= 4 is 23.4 Å². The van der Waals surface area contributed by atoms with E-state index in [0.717, 1.165) is 11.3 Å². The molecule has 20 heavy (non-hydrogen) atoms. The van der Waals surface area contributed by atoms with Crippen LogP contribution in [0.15, 0.2) is 30.5 Å². The van der Waals surface area contributed by atoms with E-state index in [2.05, 4.69) is 20.7 Å². The number of hydrogen-bond donors (Lipinski definition) is 3. The Hall–Kier alpha value is -2.05. The number of hydrogen-bond acceptors (Lipinski definition) is 6. The van der Waals surface area contributed by atoms with E-state index < -0.39 is 0 Å². The van der Waals surface area contributed by atoms with Crippen molar-refractivity contribution < 1.29 is 4.74 Å². The van der Waals surface area contributed by atoms with Gasteiger partial charge in [-0.05, 0) is 24.6 Å². The smallest absolute Gasteiger partial charge is 0.239 e. The van der Waals surface area contributed by atoms with Gasteiger partial charge in [0.15, 0.2) is 5.82 Å². The second-order valence-electron chi connectivity index (χ2n) is 4.13. The molecule has 0 aliphatic heterocycles. The minimum absolute atomic E-state index is 0.302. The molecule has 6 nitrogen and oxygen atoms in total. The van der Waals surface area contributed by atoms with Crippen LogP contribution in [0.5, 0.6) is 5.75 Å². The van der Waals surface area contributed by atoms with Crippen molar-refractivity contribution in [2.75, 3.05) is 23.9 Å². The van der Waals surface area contributed by atoms with Crippen LogP contribution in [0.4, 0.5) is 11.8 Å². The summed E-state index contributed by atoms with van der Waals surface area (Å²) in [5.41, 5.74) is 3.53. The zero-order chi connectivity index (χ0) is 14.4. The SMILES string of the molecule is Cc1cccc(OCCNc2nc(NN)ncc2Cl)c1. The fraction of sp³-hybridized carbons (Fsp3) is 0.231. The largest absolute Gasteiger partial charge is 0.492 e. The molecule has 0 fully saturated rings. The highest BCUT2D eigenvalue weighted by atomic mass is 35.5. The summed E-state index contributed by atoms with van der Waals surface area (Å²) in [5, 5.41) is 3.50. The maximum atomic E-state index is 5.97. The predicted octanol–water partition coefficient (Wildman–Crippen LogP) is 2.21. The van der Waals surface area contributed by atoms with Gasteiger partial charge in [0.25, 0.3) is 0 Å². The topological polar surface area (TPSA) is 85.1 Å². The van der Waals surface area contributed by atoms with Crippen LogP contribution in [0.1, 0.15) is 5.56 Å². The number of nitrogen functional groups attached to an aromatic ring is 1. The molecular formula is C13H16ClN5O. The van der Waals surface area contributed by atoms with Gasteiger partial charge in [-0.15, -0.1) is 0 Å². The van der Waals surface area contributed by atoms with E-state index in [1.54, 1.807) is 0 Å². The molecule has 0 aliphatic rings. The highest BCUT2D eigenvalue weighted by Crippen LogP contribution is 2.18. The predicted molar refractivity (Wildman–Crippen MR) is 80.0 cm³/mol. The molecule has 1 aromatic carbocycles. The van der Waals surface area contributed by atoms with E-state index >= 15 is 0 Å². The molecule has 0 saturated carbocycles. The molecule has 7 heteroatoms. The summed E-state index contributed by atoms with van der Waals surface area (Å²) in [5.74, 6) is 6.90. The van der Waals surface area contributed by atoms with Crippen LogP contribution in [-0.2, 0) is 0 Å². The molecule has 2 aromatic rings. The Labute approximate surface area is 122 Å². The van der Waals surface area contributed by atoms with Crippen molar-refractivity contribution in [1.82, 2.24) is 9.97 Å². The summed E-state index contributed by atoms with van der Waals surface area (Å²) < 4.78 is 5.62. The summed E-state index contributed by atoms with van der Waals surface area (Å²) >= 11 is 5.97. The maximum Gasteiger partial charge on any atom is 0.239 e. The number of aryl methyl sites for hydroxylation is 1. The van der Waals surface area contributed by atoms with Crippen LogP contribution >= 0.6 is 11.6 Å². The second kappa shape index (κ2) is 6.93. The first-order valence-electron chi connectivity index (χ1n) is 6.11. The lowest BCUT2D eigenvalue weighted by Gasteiger charge is -2.10. The van der Waals surface area contributed by atoms with Crippen molar-refractivity contribution in [3.05, 3.63) is 41.0 Å². The number of rotatable bonds is 6. The quantitative estimate of drug-likeness (QED) is 0.430. The minimum atomic E-state index is 0.302. The van der Waals surface area contributed by atoms with Crippen LogP contribution in [0.2, 0.25) is 5.02 Å². The number of anilines is 2. The van der Waals surface area contributed by atoms with E-state index in [1.165, 1.54) is 6.20 Å². The average molecular weight is 294 g/mol. The molecule has 1 heterocycles. The molecule has 2 rings (SSSR count). The number of nitrogens with zero attached hydrogens (tertiary/aromatic N) is 2. The molecule has 0 unspecified atom stereocenters. The van der Waals surface area contributed by atoms with Crippen molar-refractivity contribution in [3.63, 3.8) is 0 Å². The number of ether oxygens (including phenoxy) is 1. The molecule has 0 atom stereocenters. The number of nitrogens with one attached hydrogen (secondary N) is 2. The summed E-state index contributed by atoms with van der Waals surface area (Å²) in [7, 11) is 0. The second-order valence-corrected chi connectivity index (χ2v) is 4.53. The highest BCUT2D eigenvalue weighted by molar-refractivity contribution is 6.32. The lowest BCUT2D eigenvalue weighted by atomic mass is 10.2. The minimum Gasteiger partial charge on any atom is -0.492 e. The average Bonchev–Trinajstić information content (AvgIpc) is 2.45. The van der Waals surface area contributed by atoms with E-state index in [0.29, 0.717) is 29.9 Å². The van der Waals surface area contributed by atoms with Gasteiger partial charge in [0.2, 0.25) is 5.95 Å². The molecular weight excluding hydrogens is 278 g/mol. The molecule has 106 valence electrons. The summed E-state index contributed by atoms with van der Waals surface area (Å²) in [6.45, 7) is 3.08. The van der Waals surface area contributed by atoms with Gasteiger partial charge in [0, 0.05) is 0 Å². The normalized spacial score (nSPS) is 10.2. The van der Waals surface area contributed by atoms with Gasteiger partial charge in [0.05, 0.1) is 12.7 Å². The van der Waals surface area contributed by atoms with Crippen molar-refractivity contribution in [3.8, 4) is 5.75 Å². The summed E-state index contributed by atoms with van der Waals surface area (Å²) in [4.78, 5) is 8.00. The standard InChI is InChI=1S/C13H16ClN5O/c1-9-3-2-4-10(7-9)20-6-5-16-12-11(14)8-17-13(18-12)19-15/h2-4,7-8H,5-6,15H2,1H3,(H2,16,17,18,19). The lowest BCUT2D eigenvalue weighted by molar-refractivity contribution is 0.332. The first-order chi connectivity index (χ1) is 9.69. The fourth-order valence-electron chi connectivity index (χ4n) is 1.60. The molecule has 4 N–H and O–H groups in total. The molecule has 0 bridgehead atoms. The van der Waals surface area contributed by atoms with E-state index in [9.17, 15) is 0 Å². The maximum absolute atomic E-state index is 5.97. The van der Waals surface area contributed by atoms with Crippen LogP contribution < -0.4 is 21.3 Å². The highest BCUT2D eigenvalue weighted by Gasteiger charge is 2.04. The summed E-state index contributed by atoms with van der Waals surface area (Å²) in [6, 6.07) is 7.88. The van der Waals surface area contributed by atoms with Gasteiger partial charge in [-0.1, -0.05) is 23.7 Å². The lowest BCUT2D eigenvalue weighted by Crippen LogP contribution is -2.15. The number of benzene rings is 1. The van der Waals surface area contributed by atoms with Gasteiger partial charge in [-0.2, -0.15) is 4.98 Å². The third kappa shape index (κ3) is 3.97. The third-order valence-electron chi connectivity index (χ3n) is 2.53. The van der Waals surface area contributed by atoms with Crippen LogP contribution in [0, 0.1) is 6.92 Å². The van der Waals surface area contributed by atoms with E-state index in [4.69, 9.17) is 22.2 Å². The van der Waals surface area contributed by atoms with Gasteiger partial charge in [-0.25, -0.2) is 10.8 Å². The Bertz CT molecular complexity index is 578. The first-order valence-corrected chi connectivity index (χ1v) is 6.49. The number of hydrazine groups is 1. The molecule has 0 saturated heterocycles. The van der Waals surface area contributed by atoms with Crippen LogP contribution in [0.3, 0.4) is 0 Å². The zero-order valence-electron chi connectivity index (χ0n) is 11.1. The number of aromatic nitrogens is 2. The van der Waals surface area contributed by atoms with Gasteiger partial charge in [-0.3, -0.25) is 5.43 Å². The molecule has 0 aliphatic carbocycles. The Kier molecular flexibility index (Phi) is 4.97. The van der Waals surface area contributed by atoms with Gasteiger partial charge >= 0.3 is 0 Å². The Morgan fingerprint density at radius 2 is 2.25 bits per heavy atom. The van der Waals surface area contributed by atoms with E-state index in [-0.39, 0.29) is 0 Å². The van der Waals surface area contributed by atoms with Gasteiger partial charge in [0.1, 0.15) is 17.4 Å². The third-order valence-corrected chi connectivity index (χ3v) is 2.80. The summed E-state index contributed by atoms with van der Waals surface area (Å²) in [6.07, 6.45) is 1.48.